The third kappa shape index (κ3) is 3.36. The van der Waals surface area contributed by atoms with E-state index >= 15 is 0 Å². The van der Waals surface area contributed by atoms with Gasteiger partial charge in [-0.25, -0.2) is 17.9 Å². The van der Waals surface area contributed by atoms with Crippen LogP contribution < -0.4 is 5.69 Å². The summed E-state index contributed by atoms with van der Waals surface area (Å²) in [5, 5.41) is 4.49. The van der Waals surface area contributed by atoms with Crippen molar-refractivity contribution in [3.05, 3.63) is 45.6 Å². The molecule has 0 unspecified atom stereocenters. The van der Waals surface area contributed by atoms with E-state index in [0.717, 1.165) is 37.9 Å². The molecule has 0 spiro atoms. The molecular weight excluding hydrogens is 388 g/mol. The highest BCUT2D eigenvalue weighted by atomic mass is 32.2. The van der Waals surface area contributed by atoms with Gasteiger partial charge in [-0.15, -0.1) is 0 Å². The van der Waals surface area contributed by atoms with E-state index in [4.69, 9.17) is 0 Å². The number of sulfonamides is 1. The molecular formula is C21H28N4O3S. The highest BCUT2D eigenvalue weighted by Gasteiger charge is 2.36. The van der Waals surface area contributed by atoms with Gasteiger partial charge in [0.15, 0.2) is 0 Å². The summed E-state index contributed by atoms with van der Waals surface area (Å²) in [5.74, 6) is 0.977. The number of fused-ring (bicyclic) bond motifs is 1. The Labute approximate surface area is 171 Å². The Kier molecular flexibility index (Phi) is 4.66. The second-order valence-electron chi connectivity index (χ2n) is 8.68. The number of rotatable bonds is 4. The molecule has 0 bridgehead atoms. The number of hydrogen-bond donors (Lipinski definition) is 0. The van der Waals surface area contributed by atoms with Gasteiger partial charge in [0.05, 0.1) is 4.90 Å². The van der Waals surface area contributed by atoms with E-state index < -0.39 is 10.0 Å². The monoisotopic (exact) mass is 416 g/mol. The Morgan fingerprint density at radius 2 is 1.69 bits per heavy atom. The molecule has 1 aromatic carbocycles. The lowest BCUT2D eigenvalue weighted by Gasteiger charge is -2.31. The first-order chi connectivity index (χ1) is 13.9. The van der Waals surface area contributed by atoms with Gasteiger partial charge >= 0.3 is 5.69 Å². The summed E-state index contributed by atoms with van der Waals surface area (Å²) in [5.41, 5.74) is 2.43. The minimum Gasteiger partial charge on any atom is -0.276 e. The smallest absolute Gasteiger partial charge is 0.276 e. The molecule has 1 saturated carbocycles. The predicted molar refractivity (Wildman–Crippen MR) is 110 cm³/mol. The molecule has 5 rings (SSSR count). The van der Waals surface area contributed by atoms with Crippen molar-refractivity contribution >= 4 is 10.0 Å². The molecule has 0 N–H and O–H groups in total. The third-order valence-corrected chi connectivity index (χ3v) is 8.57. The Hall–Kier alpha value is -1.93. The molecule has 156 valence electrons. The third-order valence-electron chi connectivity index (χ3n) is 6.67. The first-order valence-corrected chi connectivity index (χ1v) is 12.2. The van der Waals surface area contributed by atoms with Crippen LogP contribution in [0.1, 0.15) is 67.4 Å². The van der Waals surface area contributed by atoms with E-state index in [1.807, 2.05) is 16.7 Å². The summed E-state index contributed by atoms with van der Waals surface area (Å²) < 4.78 is 31.3. The van der Waals surface area contributed by atoms with Crippen LogP contribution in [0.4, 0.5) is 0 Å². The molecule has 1 saturated heterocycles. The second-order valence-corrected chi connectivity index (χ2v) is 10.6. The van der Waals surface area contributed by atoms with Crippen molar-refractivity contribution in [2.45, 2.75) is 68.2 Å². The van der Waals surface area contributed by atoms with Crippen LogP contribution in [0.15, 0.2) is 27.9 Å². The van der Waals surface area contributed by atoms with Crippen molar-refractivity contribution in [1.82, 2.24) is 18.7 Å². The predicted octanol–water partition coefficient (Wildman–Crippen LogP) is 2.36. The summed E-state index contributed by atoms with van der Waals surface area (Å²) >= 11 is 0. The van der Waals surface area contributed by atoms with Gasteiger partial charge < -0.3 is 0 Å². The fourth-order valence-electron chi connectivity index (χ4n) is 4.83. The van der Waals surface area contributed by atoms with Crippen molar-refractivity contribution in [2.24, 2.45) is 7.05 Å². The van der Waals surface area contributed by atoms with Gasteiger partial charge in [-0.1, -0.05) is 6.07 Å². The van der Waals surface area contributed by atoms with E-state index in [2.05, 4.69) is 5.10 Å². The molecule has 2 aromatic rings. The van der Waals surface area contributed by atoms with Gasteiger partial charge in [-0.3, -0.25) is 4.57 Å². The lowest BCUT2D eigenvalue weighted by molar-refractivity contribution is 0.308. The van der Waals surface area contributed by atoms with Crippen LogP contribution in [0.5, 0.6) is 0 Å². The SMILES string of the molecule is Cn1nc(C2CCN(S(=O)(=O)c3ccc4c(c3)CCCC4)CC2)n(C2CC2)c1=O. The summed E-state index contributed by atoms with van der Waals surface area (Å²) in [6.45, 7) is 0.943. The minimum atomic E-state index is -3.48. The van der Waals surface area contributed by atoms with Crippen LogP contribution in [0, 0.1) is 0 Å². The van der Waals surface area contributed by atoms with Crippen LogP contribution in [-0.4, -0.2) is 40.2 Å². The van der Waals surface area contributed by atoms with E-state index in [0.29, 0.717) is 30.8 Å². The number of aromatic nitrogens is 3. The van der Waals surface area contributed by atoms with Gasteiger partial charge in [0, 0.05) is 32.1 Å². The highest BCUT2D eigenvalue weighted by Crippen LogP contribution is 2.38. The summed E-state index contributed by atoms with van der Waals surface area (Å²) in [6, 6.07) is 5.94. The summed E-state index contributed by atoms with van der Waals surface area (Å²) in [6.07, 6.45) is 7.81. The van der Waals surface area contributed by atoms with Crippen molar-refractivity contribution in [1.29, 1.82) is 0 Å². The molecule has 7 nitrogen and oxygen atoms in total. The highest BCUT2D eigenvalue weighted by molar-refractivity contribution is 7.89. The number of nitrogens with zero attached hydrogens (tertiary/aromatic N) is 4. The Morgan fingerprint density at radius 3 is 2.38 bits per heavy atom. The number of hydrogen-bond acceptors (Lipinski definition) is 4. The van der Waals surface area contributed by atoms with Crippen LogP contribution in [0.2, 0.25) is 0 Å². The van der Waals surface area contributed by atoms with Gasteiger partial charge in [-0.05, 0) is 74.6 Å². The molecule has 8 heteroatoms. The topological polar surface area (TPSA) is 77.2 Å². The molecule has 0 radical (unpaired) electrons. The van der Waals surface area contributed by atoms with Gasteiger partial charge in [0.25, 0.3) is 0 Å². The summed E-state index contributed by atoms with van der Waals surface area (Å²) in [4.78, 5) is 12.8. The van der Waals surface area contributed by atoms with Crippen molar-refractivity contribution < 1.29 is 8.42 Å². The number of piperidine rings is 1. The molecule has 29 heavy (non-hydrogen) atoms. The standard InChI is InChI=1S/C21H28N4O3S/c1-23-21(26)25(18-7-8-18)20(22-23)16-10-12-24(13-11-16)29(27,28)19-9-6-15-4-2-3-5-17(15)14-19/h6,9,14,16,18H,2-5,7-8,10-13H2,1H3. The first-order valence-electron chi connectivity index (χ1n) is 10.7. The molecule has 3 aliphatic rings. The molecule has 1 aliphatic heterocycles. The van der Waals surface area contributed by atoms with Gasteiger partial charge in [0.2, 0.25) is 10.0 Å². The zero-order valence-electron chi connectivity index (χ0n) is 16.9. The Morgan fingerprint density at radius 1 is 1.00 bits per heavy atom. The van der Waals surface area contributed by atoms with Crippen LogP contribution in [0.3, 0.4) is 0 Å². The van der Waals surface area contributed by atoms with Gasteiger partial charge in [0.1, 0.15) is 5.82 Å². The Balaban J connectivity index is 1.34. The maximum absolute atomic E-state index is 13.2. The molecule has 2 fully saturated rings. The van der Waals surface area contributed by atoms with Crippen molar-refractivity contribution in [2.75, 3.05) is 13.1 Å². The lowest BCUT2D eigenvalue weighted by atomic mass is 9.92. The van der Waals surface area contributed by atoms with E-state index in [1.54, 1.807) is 17.4 Å². The van der Waals surface area contributed by atoms with Crippen molar-refractivity contribution in [3.63, 3.8) is 0 Å². The molecule has 2 heterocycles. The van der Waals surface area contributed by atoms with E-state index in [1.165, 1.54) is 22.2 Å². The number of aryl methyl sites for hydroxylation is 3. The Bertz CT molecular complexity index is 1090. The molecule has 0 atom stereocenters. The fraction of sp³-hybridized carbons (Fsp3) is 0.619. The zero-order valence-corrected chi connectivity index (χ0v) is 17.7. The molecule has 1 aromatic heterocycles. The van der Waals surface area contributed by atoms with Crippen LogP contribution in [0.25, 0.3) is 0 Å². The quantitative estimate of drug-likeness (QED) is 0.767. The average molecular weight is 417 g/mol. The summed E-state index contributed by atoms with van der Waals surface area (Å²) in [7, 11) is -1.78. The number of benzene rings is 1. The van der Waals surface area contributed by atoms with E-state index in [9.17, 15) is 13.2 Å². The maximum atomic E-state index is 13.2. The largest absolute Gasteiger partial charge is 0.345 e. The minimum absolute atomic E-state index is 0.0494. The van der Waals surface area contributed by atoms with Crippen molar-refractivity contribution in [3.8, 4) is 0 Å². The second kappa shape index (κ2) is 7.09. The fourth-order valence-corrected chi connectivity index (χ4v) is 6.35. The first kappa shape index (κ1) is 19.1. The van der Waals surface area contributed by atoms with Crippen LogP contribution in [-0.2, 0) is 29.9 Å². The zero-order chi connectivity index (χ0) is 20.2. The lowest BCUT2D eigenvalue weighted by Crippen LogP contribution is -2.38. The van der Waals surface area contributed by atoms with Crippen LogP contribution >= 0.6 is 0 Å². The molecule has 0 amide bonds. The van der Waals surface area contributed by atoms with Gasteiger partial charge in [-0.2, -0.15) is 9.40 Å². The van der Waals surface area contributed by atoms with E-state index in [-0.39, 0.29) is 17.6 Å². The maximum Gasteiger partial charge on any atom is 0.345 e. The average Bonchev–Trinajstić information content (AvgIpc) is 3.53. The molecule has 2 aliphatic carbocycles. The normalized spacial score (nSPS) is 21.3.